The Balaban J connectivity index is 1.93. The van der Waals surface area contributed by atoms with Crippen LogP contribution in [0.1, 0.15) is 19.8 Å². The first-order valence-electron chi connectivity index (χ1n) is 6.08. The Morgan fingerprint density at radius 1 is 1.35 bits per heavy atom. The molecule has 4 nitrogen and oxygen atoms in total. The molecule has 0 aliphatic carbocycles. The SMILES string of the molecule is CCNc1cncc(NC2CCS(=O)CC2)c1. The van der Waals surface area contributed by atoms with Crippen LogP contribution in [0.2, 0.25) is 0 Å². The molecule has 0 spiro atoms. The molecular formula is C12H19N3OS. The first-order valence-corrected chi connectivity index (χ1v) is 7.57. The monoisotopic (exact) mass is 253 g/mol. The van der Waals surface area contributed by atoms with Crippen molar-refractivity contribution in [2.45, 2.75) is 25.8 Å². The molecule has 94 valence electrons. The minimum Gasteiger partial charge on any atom is -0.384 e. The minimum atomic E-state index is -0.594. The van der Waals surface area contributed by atoms with Gasteiger partial charge in [-0.2, -0.15) is 0 Å². The fourth-order valence-electron chi connectivity index (χ4n) is 1.99. The first kappa shape index (κ1) is 12.4. The summed E-state index contributed by atoms with van der Waals surface area (Å²) in [5, 5.41) is 6.70. The van der Waals surface area contributed by atoms with Gasteiger partial charge in [-0.05, 0) is 25.8 Å². The third kappa shape index (κ3) is 3.70. The molecule has 2 N–H and O–H groups in total. The summed E-state index contributed by atoms with van der Waals surface area (Å²) in [6, 6.07) is 2.51. The second-order valence-corrected chi connectivity index (χ2v) is 5.96. The van der Waals surface area contributed by atoms with Crippen LogP contribution >= 0.6 is 0 Å². The fraction of sp³-hybridized carbons (Fsp3) is 0.583. The molecule has 1 saturated heterocycles. The predicted molar refractivity (Wildman–Crippen MR) is 72.9 cm³/mol. The zero-order chi connectivity index (χ0) is 12.1. The molecule has 5 heteroatoms. The highest BCUT2D eigenvalue weighted by Crippen LogP contribution is 2.18. The molecule has 1 aromatic heterocycles. The number of rotatable bonds is 4. The lowest BCUT2D eigenvalue weighted by atomic mass is 10.1. The summed E-state index contributed by atoms with van der Waals surface area (Å²) in [4.78, 5) is 4.20. The molecule has 1 aliphatic heterocycles. The molecule has 1 fully saturated rings. The van der Waals surface area contributed by atoms with Crippen LogP contribution in [0.5, 0.6) is 0 Å². The summed E-state index contributed by atoms with van der Waals surface area (Å²) in [7, 11) is -0.594. The van der Waals surface area contributed by atoms with E-state index in [-0.39, 0.29) is 0 Å². The van der Waals surface area contributed by atoms with E-state index < -0.39 is 10.8 Å². The van der Waals surface area contributed by atoms with Crippen molar-refractivity contribution in [2.24, 2.45) is 0 Å². The molecule has 1 aliphatic rings. The summed E-state index contributed by atoms with van der Waals surface area (Å²) in [5.74, 6) is 1.63. The number of nitrogens with zero attached hydrogens (tertiary/aromatic N) is 1. The van der Waals surface area contributed by atoms with Gasteiger partial charge in [0.1, 0.15) is 0 Å². The average Bonchev–Trinajstić information content (AvgIpc) is 2.33. The highest BCUT2D eigenvalue weighted by Gasteiger charge is 2.17. The first-order chi connectivity index (χ1) is 8.28. The second kappa shape index (κ2) is 6.00. The third-order valence-corrected chi connectivity index (χ3v) is 4.26. The van der Waals surface area contributed by atoms with Crippen molar-refractivity contribution in [2.75, 3.05) is 28.7 Å². The number of pyridine rings is 1. The summed E-state index contributed by atoms with van der Waals surface area (Å²) in [6.45, 7) is 2.96. The van der Waals surface area contributed by atoms with Gasteiger partial charge in [0.2, 0.25) is 0 Å². The smallest absolute Gasteiger partial charge is 0.0549 e. The Labute approximate surface area is 105 Å². The largest absolute Gasteiger partial charge is 0.384 e. The van der Waals surface area contributed by atoms with Gasteiger partial charge in [-0.3, -0.25) is 9.19 Å². The van der Waals surface area contributed by atoms with Gasteiger partial charge in [-0.25, -0.2) is 0 Å². The van der Waals surface area contributed by atoms with E-state index in [1.807, 2.05) is 12.4 Å². The van der Waals surface area contributed by atoms with E-state index in [1.165, 1.54) is 0 Å². The Bertz CT molecular complexity index is 387. The summed E-state index contributed by atoms with van der Waals surface area (Å²) >= 11 is 0. The normalized spacial score (nSPS) is 24.3. The van der Waals surface area contributed by atoms with Crippen LogP contribution in [0.4, 0.5) is 11.4 Å². The van der Waals surface area contributed by atoms with E-state index in [9.17, 15) is 4.21 Å². The Hall–Kier alpha value is -1.10. The number of hydrogen-bond donors (Lipinski definition) is 2. The molecule has 0 saturated carbocycles. The lowest BCUT2D eigenvalue weighted by Gasteiger charge is -2.23. The number of aromatic nitrogens is 1. The van der Waals surface area contributed by atoms with E-state index in [1.54, 1.807) is 0 Å². The Morgan fingerprint density at radius 3 is 2.76 bits per heavy atom. The maximum Gasteiger partial charge on any atom is 0.0549 e. The van der Waals surface area contributed by atoms with Crippen molar-refractivity contribution in [1.82, 2.24) is 4.98 Å². The fourth-order valence-corrected chi connectivity index (χ4v) is 3.29. The van der Waals surface area contributed by atoms with Gasteiger partial charge in [-0.15, -0.1) is 0 Å². The van der Waals surface area contributed by atoms with Gasteiger partial charge < -0.3 is 10.6 Å². The Morgan fingerprint density at radius 2 is 2.06 bits per heavy atom. The molecule has 0 bridgehead atoms. The number of anilines is 2. The molecule has 1 aromatic rings. The predicted octanol–water partition coefficient (Wildman–Crippen LogP) is 1.84. The van der Waals surface area contributed by atoms with Gasteiger partial charge in [0.25, 0.3) is 0 Å². The van der Waals surface area contributed by atoms with Crippen LogP contribution in [-0.2, 0) is 10.8 Å². The minimum absolute atomic E-state index is 0.436. The molecule has 17 heavy (non-hydrogen) atoms. The average molecular weight is 253 g/mol. The molecule has 2 rings (SSSR count). The molecule has 0 amide bonds. The zero-order valence-electron chi connectivity index (χ0n) is 10.1. The number of hydrogen-bond acceptors (Lipinski definition) is 4. The lowest BCUT2D eigenvalue weighted by Crippen LogP contribution is -2.29. The van der Waals surface area contributed by atoms with Crippen molar-refractivity contribution in [1.29, 1.82) is 0 Å². The molecule has 0 unspecified atom stereocenters. The van der Waals surface area contributed by atoms with Crippen molar-refractivity contribution in [3.05, 3.63) is 18.5 Å². The van der Waals surface area contributed by atoms with Crippen LogP contribution in [0, 0.1) is 0 Å². The molecular weight excluding hydrogens is 234 g/mol. The zero-order valence-corrected chi connectivity index (χ0v) is 10.9. The van der Waals surface area contributed by atoms with Gasteiger partial charge in [-0.1, -0.05) is 0 Å². The van der Waals surface area contributed by atoms with E-state index in [2.05, 4.69) is 28.6 Å². The van der Waals surface area contributed by atoms with E-state index in [0.29, 0.717) is 6.04 Å². The van der Waals surface area contributed by atoms with Gasteiger partial charge in [0.15, 0.2) is 0 Å². The lowest BCUT2D eigenvalue weighted by molar-refractivity contribution is 0.624. The maximum absolute atomic E-state index is 11.3. The van der Waals surface area contributed by atoms with E-state index in [4.69, 9.17) is 0 Å². The summed E-state index contributed by atoms with van der Waals surface area (Å²) in [6.07, 6.45) is 5.63. The molecule has 0 atom stereocenters. The van der Waals surface area contributed by atoms with Crippen molar-refractivity contribution < 1.29 is 4.21 Å². The summed E-state index contributed by atoms with van der Waals surface area (Å²) in [5.41, 5.74) is 2.08. The molecule has 2 heterocycles. The highest BCUT2D eigenvalue weighted by molar-refractivity contribution is 7.85. The van der Waals surface area contributed by atoms with E-state index in [0.717, 1.165) is 42.3 Å². The molecule has 0 radical (unpaired) electrons. The van der Waals surface area contributed by atoms with Crippen LogP contribution in [0.3, 0.4) is 0 Å². The van der Waals surface area contributed by atoms with E-state index >= 15 is 0 Å². The maximum atomic E-state index is 11.3. The second-order valence-electron chi connectivity index (χ2n) is 4.26. The van der Waals surface area contributed by atoms with Gasteiger partial charge >= 0.3 is 0 Å². The van der Waals surface area contributed by atoms with Crippen LogP contribution < -0.4 is 10.6 Å². The Kier molecular flexibility index (Phi) is 4.36. The quantitative estimate of drug-likeness (QED) is 0.859. The van der Waals surface area contributed by atoms with Crippen molar-refractivity contribution >= 4 is 22.2 Å². The standard InChI is InChI=1S/C12H19N3OS/c1-2-14-11-7-12(9-13-8-11)15-10-3-5-17(16)6-4-10/h7-10,14-15H,2-6H2,1H3. The van der Waals surface area contributed by atoms with Crippen LogP contribution in [0.25, 0.3) is 0 Å². The van der Waals surface area contributed by atoms with Crippen molar-refractivity contribution in [3.63, 3.8) is 0 Å². The van der Waals surface area contributed by atoms with Crippen LogP contribution in [0.15, 0.2) is 18.5 Å². The number of nitrogens with one attached hydrogen (secondary N) is 2. The third-order valence-electron chi connectivity index (χ3n) is 2.88. The topological polar surface area (TPSA) is 54.0 Å². The van der Waals surface area contributed by atoms with Gasteiger partial charge in [0, 0.05) is 34.9 Å². The summed E-state index contributed by atoms with van der Waals surface area (Å²) < 4.78 is 11.3. The van der Waals surface area contributed by atoms with Crippen LogP contribution in [-0.4, -0.2) is 33.3 Å². The van der Waals surface area contributed by atoms with Crippen molar-refractivity contribution in [3.8, 4) is 0 Å². The molecule has 0 aromatic carbocycles. The highest BCUT2D eigenvalue weighted by atomic mass is 32.2. The van der Waals surface area contributed by atoms with Gasteiger partial charge in [0.05, 0.1) is 23.8 Å².